The molecule has 64 valence electrons. The Kier molecular flexibility index (Phi) is 4.79. The third-order valence-electron chi connectivity index (χ3n) is 1.48. The third kappa shape index (κ3) is 5.80. The van der Waals surface area contributed by atoms with Crippen molar-refractivity contribution in [3.63, 3.8) is 0 Å². The molecule has 0 amide bonds. The van der Waals surface area contributed by atoms with E-state index < -0.39 is 0 Å². The van der Waals surface area contributed by atoms with E-state index >= 15 is 0 Å². The highest BCUT2D eigenvalue weighted by Crippen LogP contribution is 2.05. The summed E-state index contributed by atoms with van der Waals surface area (Å²) in [6.07, 6.45) is 1.09. The number of hydrogen-bond donors (Lipinski definition) is 1. The van der Waals surface area contributed by atoms with Gasteiger partial charge in [-0.15, -0.1) is 0 Å². The predicted octanol–water partition coefficient (Wildman–Crippen LogP) is 1.51. The Labute approximate surface area is 68.5 Å². The molecule has 0 rings (SSSR count). The molecule has 0 spiro atoms. The summed E-state index contributed by atoms with van der Waals surface area (Å²) in [5.41, 5.74) is 6.31. The molecule has 11 heavy (non-hydrogen) atoms. The minimum Gasteiger partial charge on any atom is -0.330 e. The Morgan fingerprint density at radius 3 is 2.55 bits per heavy atom. The van der Waals surface area contributed by atoms with Gasteiger partial charge in [-0.2, -0.15) is 0 Å². The first kappa shape index (κ1) is 10.4. The molecule has 0 aliphatic carbocycles. The van der Waals surface area contributed by atoms with Crippen LogP contribution in [-0.2, 0) is 4.79 Å². The third-order valence-corrected chi connectivity index (χ3v) is 1.48. The average molecular weight is 155 g/mol. The van der Waals surface area contributed by atoms with Gasteiger partial charge in [-0.25, -0.2) is 0 Å². The lowest BCUT2D eigenvalue weighted by atomic mass is 10.0. The van der Waals surface area contributed by atoms with E-state index in [1.54, 1.807) is 0 Å². The molecule has 2 heteroatoms. The van der Waals surface area contributed by atoms with Crippen molar-refractivity contribution in [2.45, 2.75) is 26.7 Å². The Morgan fingerprint density at radius 1 is 1.64 bits per heavy atom. The van der Waals surface area contributed by atoms with Crippen LogP contribution in [0.2, 0.25) is 0 Å². The van der Waals surface area contributed by atoms with E-state index in [2.05, 4.69) is 6.58 Å². The molecule has 0 aliphatic heterocycles. The zero-order valence-corrected chi connectivity index (χ0v) is 7.39. The fourth-order valence-electron chi connectivity index (χ4n) is 0.881. The smallest absolute Gasteiger partial charge is 0.137 e. The van der Waals surface area contributed by atoms with Gasteiger partial charge in [0.05, 0.1) is 0 Å². The van der Waals surface area contributed by atoms with Gasteiger partial charge in [0.15, 0.2) is 0 Å². The maximum absolute atomic E-state index is 11.1. The van der Waals surface area contributed by atoms with Gasteiger partial charge in [-0.3, -0.25) is 4.79 Å². The number of hydrogen-bond acceptors (Lipinski definition) is 2. The van der Waals surface area contributed by atoms with Crippen molar-refractivity contribution < 1.29 is 4.79 Å². The number of carbonyl (C=O) groups is 1. The molecule has 1 atom stereocenters. The molecule has 0 aliphatic rings. The van der Waals surface area contributed by atoms with E-state index in [0.29, 0.717) is 25.3 Å². The standard InChI is InChI=1S/C9H17NO/c1-7(2)4-9(11)5-8(3)6-10/h8H,1,4-6,10H2,2-3H3. The second-order valence-corrected chi connectivity index (χ2v) is 3.22. The summed E-state index contributed by atoms with van der Waals surface area (Å²) in [5, 5.41) is 0. The summed E-state index contributed by atoms with van der Waals surface area (Å²) in [4.78, 5) is 11.1. The second-order valence-electron chi connectivity index (χ2n) is 3.22. The quantitative estimate of drug-likeness (QED) is 0.611. The number of rotatable bonds is 5. The van der Waals surface area contributed by atoms with Gasteiger partial charge in [0.25, 0.3) is 0 Å². The van der Waals surface area contributed by atoms with Crippen LogP contribution in [0, 0.1) is 5.92 Å². The molecule has 2 N–H and O–H groups in total. The molecule has 1 unspecified atom stereocenters. The molecule has 0 radical (unpaired) electrons. The van der Waals surface area contributed by atoms with E-state index in [-0.39, 0.29) is 5.78 Å². The van der Waals surface area contributed by atoms with E-state index in [4.69, 9.17) is 5.73 Å². The highest BCUT2D eigenvalue weighted by atomic mass is 16.1. The van der Waals surface area contributed by atoms with Crippen molar-refractivity contribution in [1.82, 2.24) is 0 Å². The van der Waals surface area contributed by atoms with Crippen LogP contribution in [0.5, 0.6) is 0 Å². The van der Waals surface area contributed by atoms with Crippen LogP contribution < -0.4 is 5.73 Å². The lowest BCUT2D eigenvalue weighted by molar-refractivity contribution is -0.119. The van der Waals surface area contributed by atoms with Crippen LogP contribution in [0.3, 0.4) is 0 Å². The first-order valence-electron chi connectivity index (χ1n) is 3.92. The zero-order chi connectivity index (χ0) is 8.85. The zero-order valence-electron chi connectivity index (χ0n) is 7.39. The molecular formula is C9H17NO. The van der Waals surface area contributed by atoms with Crippen LogP contribution in [-0.4, -0.2) is 12.3 Å². The maximum atomic E-state index is 11.1. The molecular weight excluding hydrogens is 138 g/mol. The summed E-state index contributed by atoms with van der Waals surface area (Å²) >= 11 is 0. The van der Waals surface area contributed by atoms with Crippen LogP contribution in [0.1, 0.15) is 26.7 Å². The van der Waals surface area contributed by atoms with E-state index in [9.17, 15) is 4.79 Å². The number of nitrogens with two attached hydrogens (primary N) is 1. The fraction of sp³-hybridized carbons (Fsp3) is 0.667. The summed E-state index contributed by atoms with van der Waals surface area (Å²) < 4.78 is 0. The van der Waals surface area contributed by atoms with Gasteiger partial charge in [-0.05, 0) is 19.4 Å². The molecule has 0 saturated heterocycles. The van der Waals surface area contributed by atoms with Crippen LogP contribution in [0.25, 0.3) is 0 Å². The molecule has 0 heterocycles. The number of Topliss-reactive ketones (excluding diaryl/α,β-unsaturated/α-hetero) is 1. The van der Waals surface area contributed by atoms with Crippen molar-refractivity contribution in [1.29, 1.82) is 0 Å². The lowest BCUT2D eigenvalue weighted by Crippen LogP contribution is -2.15. The Balaban J connectivity index is 3.60. The van der Waals surface area contributed by atoms with Gasteiger partial charge in [-0.1, -0.05) is 19.1 Å². The molecule has 0 aromatic heterocycles. The van der Waals surface area contributed by atoms with Crippen molar-refractivity contribution in [3.05, 3.63) is 12.2 Å². The van der Waals surface area contributed by atoms with Crippen LogP contribution in [0.15, 0.2) is 12.2 Å². The van der Waals surface area contributed by atoms with Gasteiger partial charge in [0.1, 0.15) is 5.78 Å². The highest BCUT2D eigenvalue weighted by Gasteiger charge is 2.06. The maximum Gasteiger partial charge on any atom is 0.137 e. The summed E-state index contributed by atoms with van der Waals surface area (Å²) in [7, 11) is 0. The molecule has 0 aromatic rings. The predicted molar refractivity (Wildman–Crippen MR) is 47.3 cm³/mol. The Morgan fingerprint density at radius 2 is 2.18 bits per heavy atom. The molecule has 0 fully saturated rings. The molecule has 0 saturated carbocycles. The fourth-order valence-corrected chi connectivity index (χ4v) is 0.881. The average Bonchev–Trinajstić information content (AvgIpc) is 1.85. The van der Waals surface area contributed by atoms with Crippen molar-refractivity contribution in [3.8, 4) is 0 Å². The minimum atomic E-state index is 0.246. The largest absolute Gasteiger partial charge is 0.330 e. The monoisotopic (exact) mass is 155 g/mol. The second kappa shape index (κ2) is 5.08. The Hall–Kier alpha value is -0.630. The van der Waals surface area contributed by atoms with Gasteiger partial charge in [0, 0.05) is 12.8 Å². The van der Waals surface area contributed by atoms with E-state index in [1.807, 2.05) is 13.8 Å². The molecule has 2 nitrogen and oxygen atoms in total. The van der Waals surface area contributed by atoms with Gasteiger partial charge < -0.3 is 5.73 Å². The van der Waals surface area contributed by atoms with Crippen molar-refractivity contribution in [2.75, 3.05) is 6.54 Å². The first-order valence-corrected chi connectivity index (χ1v) is 3.92. The topological polar surface area (TPSA) is 43.1 Å². The normalized spacial score (nSPS) is 12.6. The van der Waals surface area contributed by atoms with Crippen molar-refractivity contribution >= 4 is 5.78 Å². The lowest BCUT2D eigenvalue weighted by Gasteiger charge is -2.06. The summed E-state index contributed by atoms with van der Waals surface area (Å²) in [6, 6.07) is 0. The van der Waals surface area contributed by atoms with Crippen LogP contribution >= 0.6 is 0 Å². The minimum absolute atomic E-state index is 0.246. The Bertz CT molecular complexity index is 152. The number of carbonyl (C=O) groups excluding carboxylic acids is 1. The van der Waals surface area contributed by atoms with Gasteiger partial charge in [0.2, 0.25) is 0 Å². The SMILES string of the molecule is C=C(C)CC(=O)CC(C)CN. The summed E-state index contributed by atoms with van der Waals surface area (Å²) in [5.74, 6) is 0.553. The molecule has 0 bridgehead atoms. The van der Waals surface area contributed by atoms with Gasteiger partial charge >= 0.3 is 0 Å². The molecule has 0 aromatic carbocycles. The van der Waals surface area contributed by atoms with E-state index in [1.165, 1.54) is 0 Å². The van der Waals surface area contributed by atoms with Crippen LogP contribution in [0.4, 0.5) is 0 Å². The van der Waals surface area contributed by atoms with Crippen molar-refractivity contribution in [2.24, 2.45) is 11.7 Å². The number of ketones is 1. The first-order chi connectivity index (χ1) is 5.06. The summed E-state index contributed by atoms with van der Waals surface area (Å²) in [6.45, 7) is 8.11. The number of allylic oxidation sites excluding steroid dienone is 1. The highest BCUT2D eigenvalue weighted by molar-refractivity contribution is 5.80. The van der Waals surface area contributed by atoms with E-state index in [0.717, 1.165) is 5.57 Å².